The van der Waals surface area contributed by atoms with E-state index in [1.165, 1.54) is 25.3 Å². The van der Waals surface area contributed by atoms with Gasteiger partial charge in [-0.05, 0) is 75.0 Å². The Labute approximate surface area is 183 Å². The van der Waals surface area contributed by atoms with E-state index < -0.39 is 11.4 Å². The third-order valence-electron chi connectivity index (χ3n) is 5.98. The first-order valence-electron chi connectivity index (χ1n) is 11.7. The molecule has 0 atom stereocenters. The molecule has 0 saturated heterocycles. The molecular weight excluding hydrogens is 376 g/mol. The highest BCUT2D eigenvalue weighted by molar-refractivity contribution is 5.73. The van der Waals surface area contributed by atoms with Crippen molar-refractivity contribution in [3.8, 4) is 11.5 Å². The van der Waals surface area contributed by atoms with Gasteiger partial charge < -0.3 is 15.3 Å². The van der Waals surface area contributed by atoms with Gasteiger partial charge in [-0.25, -0.2) is 0 Å². The van der Waals surface area contributed by atoms with Crippen LogP contribution >= 0.6 is 0 Å². The van der Waals surface area contributed by atoms with Gasteiger partial charge in [0.25, 0.3) is 0 Å². The highest BCUT2D eigenvalue weighted by Crippen LogP contribution is 2.31. The molecule has 30 heavy (non-hydrogen) atoms. The smallest absolute Gasteiger partial charge is 0.309 e. The number of benzene rings is 1. The van der Waals surface area contributed by atoms with Crippen LogP contribution in [0.1, 0.15) is 110 Å². The first-order valence-corrected chi connectivity index (χ1v) is 11.7. The fraction of sp³-hybridized carbons (Fsp3) is 0.731. The molecule has 0 unspecified atom stereocenters. The zero-order valence-corrected chi connectivity index (χ0v) is 19.9. The molecular formula is C26H44O4. The first kappa shape index (κ1) is 26.3. The van der Waals surface area contributed by atoms with Gasteiger partial charge in [0, 0.05) is 6.07 Å². The molecule has 0 aliphatic carbocycles. The van der Waals surface area contributed by atoms with Crippen molar-refractivity contribution in [1.29, 1.82) is 0 Å². The molecule has 1 aromatic carbocycles. The monoisotopic (exact) mass is 420 g/mol. The van der Waals surface area contributed by atoms with Crippen molar-refractivity contribution in [1.82, 2.24) is 0 Å². The predicted octanol–water partition coefficient (Wildman–Crippen LogP) is 7.24. The van der Waals surface area contributed by atoms with Gasteiger partial charge in [-0.2, -0.15) is 0 Å². The Hall–Kier alpha value is -1.71. The van der Waals surface area contributed by atoms with Crippen molar-refractivity contribution >= 4 is 5.97 Å². The molecule has 0 spiro atoms. The van der Waals surface area contributed by atoms with Gasteiger partial charge in [-0.3, -0.25) is 4.79 Å². The van der Waals surface area contributed by atoms with Gasteiger partial charge in [-0.15, -0.1) is 0 Å². The normalized spacial score (nSPS) is 12.3. The van der Waals surface area contributed by atoms with E-state index in [0.717, 1.165) is 62.5 Å². The second-order valence-corrected chi connectivity index (χ2v) is 10.7. The van der Waals surface area contributed by atoms with Crippen molar-refractivity contribution in [2.24, 2.45) is 10.8 Å². The summed E-state index contributed by atoms with van der Waals surface area (Å²) in [6.07, 6.45) is 12.2. The SMILES string of the molecule is CC(C)(C)CCCCCCc1c(O)cc(O)cc1CCCCCCC(C)(C)C(=O)O. The predicted molar refractivity (Wildman–Crippen MR) is 124 cm³/mol. The minimum Gasteiger partial charge on any atom is -0.508 e. The Morgan fingerprint density at radius 3 is 1.87 bits per heavy atom. The molecule has 0 amide bonds. The quantitative estimate of drug-likeness (QED) is 0.277. The molecule has 1 rings (SSSR count). The summed E-state index contributed by atoms with van der Waals surface area (Å²) >= 11 is 0. The van der Waals surface area contributed by atoms with Crippen molar-refractivity contribution < 1.29 is 20.1 Å². The van der Waals surface area contributed by atoms with Crippen LogP contribution in [0.15, 0.2) is 12.1 Å². The van der Waals surface area contributed by atoms with Crippen molar-refractivity contribution in [2.75, 3.05) is 0 Å². The number of carbonyl (C=O) groups is 1. The second-order valence-electron chi connectivity index (χ2n) is 10.7. The third-order valence-corrected chi connectivity index (χ3v) is 5.98. The lowest BCUT2D eigenvalue weighted by Crippen LogP contribution is -2.23. The number of phenols is 2. The standard InChI is InChI=1S/C26H44O4/c1-25(2,3)16-12-8-7-11-15-22-20(18-21(27)19-23(22)28)14-10-6-9-13-17-26(4,5)24(29)30/h18-19,27-28H,6-17H2,1-5H3,(H,29,30). The van der Waals surface area contributed by atoms with Crippen LogP contribution in [0.4, 0.5) is 0 Å². The average Bonchev–Trinajstić information content (AvgIpc) is 2.61. The van der Waals surface area contributed by atoms with E-state index in [-0.39, 0.29) is 11.5 Å². The Bertz CT molecular complexity index is 656. The molecule has 0 fully saturated rings. The third kappa shape index (κ3) is 10.4. The molecule has 4 heteroatoms. The summed E-state index contributed by atoms with van der Waals surface area (Å²) in [4.78, 5) is 11.2. The van der Waals surface area contributed by atoms with E-state index in [2.05, 4.69) is 20.8 Å². The number of aromatic hydroxyl groups is 2. The molecule has 0 radical (unpaired) electrons. The van der Waals surface area contributed by atoms with Gasteiger partial charge >= 0.3 is 5.97 Å². The highest BCUT2D eigenvalue weighted by atomic mass is 16.4. The highest BCUT2D eigenvalue weighted by Gasteiger charge is 2.25. The fourth-order valence-corrected chi connectivity index (χ4v) is 3.86. The van der Waals surface area contributed by atoms with E-state index in [1.807, 2.05) is 0 Å². The van der Waals surface area contributed by atoms with Gasteiger partial charge in [-0.1, -0.05) is 59.3 Å². The first-order chi connectivity index (χ1) is 13.9. The maximum absolute atomic E-state index is 11.2. The molecule has 4 nitrogen and oxygen atoms in total. The largest absolute Gasteiger partial charge is 0.508 e. The molecule has 0 heterocycles. The second kappa shape index (κ2) is 12.2. The lowest BCUT2D eigenvalue weighted by atomic mass is 9.87. The zero-order chi connectivity index (χ0) is 22.8. The number of carboxylic acid groups (broad SMARTS) is 1. The molecule has 1 aromatic rings. The van der Waals surface area contributed by atoms with E-state index in [4.69, 9.17) is 0 Å². The van der Waals surface area contributed by atoms with Crippen LogP contribution in [0.5, 0.6) is 11.5 Å². The topological polar surface area (TPSA) is 77.8 Å². The molecule has 0 bridgehead atoms. The van der Waals surface area contributed by atoms with Crippen LogP contribution in [0.2, 0.25) is 0 Å². The zero-order valence-electron chi connectivity index (χ0n) is 19.9. The fourth-order valence-electron chi connectivity index (χ4n) is 3.86. The van der Waals surface area contributed by atoms with Gasteiger partial charge in [0.1, 0.15) is 11.5 Å². The molecule has 0 aromatic heterocycles. The minimum absolute atomic E-state index is 0.125. The minimum atomic E-state index is -0.735. The van der Waals surface area contributed by atoms with Gasteiger partial charge in [0.15, 0.2) is 0 Å². The van der Waals surface area contributed by atoms with Crippen molar-refractivity contribution in [3.05, 3.63) is 23.3 Å². The lowest BCUT2D eigenvalue weighted by Gasteiger charge is -2.18. The molecule has 172 valence electrons. The number of aliphatic carboxylic acids is 1. The number of aryl methyl sites for hydroxylation is 1. The molecule has 0 aliphatic rings. The van der Waals surface area contributed by atoms with Crippen LogP contribution in [0.3, 0.4) is 0 Å². The Morgan fingerprint density at radius 1 is 0.767 bits per heavy atom. The van der Waals surface area contributed by atoms with E-state index in [0.29, 0.717) is 11.8 Å². The maximum atomic E-state index is 11.2. The van der Waals surface area contributed by atoms with E-state index in [1.54, 1.807) is 19.9 Å². The van der Waals surface area contributed by atoms with Gasteiger partial charge in [0.05, 0.1) is 5.41 Å². The van der Waals surface area contributed by atoms with E-state index >= 15 is 0 Å². The lowest BCUT2D eigenvalue weighted by molar-refractivity contribution is -0.147. The summed E-state index contributed by atoms with van der Waals surface area (Å²) in [5, 5.41) is 29.4. The van der Waals surface area contributed by atoms with Crippen LogP contribution in [-0.2, 0) is 17.6 Å². The number of carboxylic acids is 1. The maximum Gasteiger partial charge on any atom is 0.309 e. The Morgan fingerprint density at radius 2 is 1.30 bits per heavy atom. The van der Waals surface area contributed by atoms with Crippen molar-refractivity contribution in [3.63, 3.8) is 0 Å². The number of hydrogen-bond acceptors (Lipinski definition) is 3. The molecule has 0 saturated carbocycles. The van der Waals surface area contributed by atoms with Crippen LogP contribution < -0.4 is 0 Å². The average molecular weight is 421 g/mol. The Balaban J connectivity index is 2.43. The summed E-state index contributed by atoms with van der Waals surface area (Å²) in [6, 6.07) is 3.24. The number of rotatable bonds is 14. The summed E-state index contributed by atoms with van der Waals surface area (Å²) in [5.41, 5.74) is 1.77. The summed E-state index contributed by atoms with van der Waals surface area (Å²) in [5.74, 6) is -0.400. The van der Waals surface area contributed by atoms with Gasteiger partial charge in [0.2, 0.25) is 0 Å². The summed E-state index contributed by atoms with van der Waals surface area (Å²) in [7, 11) is 0. The Kier molecular flexibility index (Phi) is 10.7. The van der Waals surface area contributed by atoms with Crippen molar-refractivity contribution in [2.45, 2.75) is 112 Å². The number of phenolic OH excluding ortho intramolecular Hbond substituents is 2. The number of unbranched alkanes of at least 4 members (excludes halogenated alkanes) is 6. The molecule has 3 N–H and O–H groups in total. The van der Waals surface area contributed by atoms with Crippen LogP contribution in [-0.4, -0.2) is 21.3 Å². The number of hydrogen-bond donors (Lipinski definition) is 3. The van der Waals surface area contributed by atoms with Crippen LogP contribution in [0.25, 0.3) is 0 Å². The van der Waals surface area contributed by atoms with Crippen LogP contribution in [0, 0.1) is 10.8 Å². The summed E-state index contributed by atoms with van der Waals surface area (Å²) in [6.45, 7) is 10.4. The molecule has 0 aliphatic heterocycles. The summed E-state index contributed by atoms with van der Waals surface area (Å²) < 4.78 is 0. The van der Waals surface area contributed by atoms with E-state index in [9.17, 15) is 20.1 Å².